The lowest BCUT2D eigenvalue weighted by Crippen LogP contribution is -2.32. The van der Waals surface area contributed by atoms with Gasteiger partial charge in [-0.3, -0.25) is 0 Å². The Kier molecular flexibility index (Phi) is 5.44. The highest BCUT2D eigenvalue weighted by Gasteiger charge is 2.15. The second kappa shape index (κ2) is 7.31. The molecule has 1 aromatic rings. The van der Waals surface area contributed by atoms with Crippen LogP contribution in [0.5, 0.6) is 0 Å². The Bertz CT molecular complexity index is 505. The van der Waals surface area contributed by atoms with Crippen LogP contribution < -0.4 is 10.6 Å². The van der Waals surface area contributed by atoms with Gasteiger partial charge in [0, 0.05) is 31.9 Å². The maximum Gasteiger partial charge on any atom is 0.319 e. The third kappa shape index (κ3) is 4.63. The second-order valence-electron chi connectivity index (χ2n) is 5.00. The average molecular weight is 302 g/mol. The second-order valence-corrected chi connectivity index (χ2v) is 5.00. The summed E-state index contributed by atoms with van der Waals surface area (Å²) in [7, 11) is 0. The number of halogens is 3. The molecule has 0 aromatic heterocycles. The summed E-state index contributed by atoms with van der Waals surface area (Å²) in [6, 6.07) is 0.449. The maximum absolute atomic E-state index is 13.4. The molecule has 1 fully saturated rings. The Morgan fingerprint density at radius 2 is 2.14 bits per heavy atom. The Balaban J connectivity index is 1.79. The molecule has 7 heteroatoms. The van der Waals surface area contributed by atoms with Gasteiger partial charge in [-0.05, 0) is 25.2 Å². The molecule has 2 N–H and O–H groups in total. The van der Waals surface area contributed by atoms with Crippen molar-refractivity contribution >= 4 is 11.7 Å². The van der Waals surface area contributed by atoms with E-state index < -0.39 is 29.2 Å². The van der Waals surface area contributed by atoms with Crippen LogP contribution in [0, 0.1) is 23.4 Å². The SMILES string of the molecule is O=C(NCC[C@@H]1CCCOC1)Nc1cc(F)cc(F)c1F. The fraction of sp³-hybridized carbons (Fsp3) is 0.500. The lowest BCUT2D eigenvalue weighted by Gasteiger charge is -2.21. The number of hydrogen-bond acceptors (Lipinski definition) is 2. The molecule has 1 atom stereocenters. The van der Waals surface area contributed by atoms with Gasteiger partial charge in [0.2, 0.25) is 0 Å². The predicted molar refractivity (Wildman–Crippen MR) is 71.5 cm³/mol. The van der Waals surface area contributed by atoms with E-state index in [1.807, 2.05) is 0 Å². The quantitative estimate of drug-likeness (QED) is 0.840. The first-order valence-electron chi connectivity index (χ1n) is 6.83. The van der Waals surface area contributed by atoms with Crippen LogP contribution in [0.1, 0.15) is 19.3 Å². The van der Waals surface area contributed by atoms with Crippen LogP contribution in [0.4, 0.5) is 23.7 Å². The van der Waals surface area contributed by atoms with Crippen molar-refractivity contribution < 1.29 is 22.7 Å². The summed E-state index contributed by atoms with van der Waals surface area (Å²) in [5.41, 5.74) is -0.522. The zero-order chi connectivity index (χ0) is 15.2. The summed E-state index contributed by atoms with van der Waals surface area (Å²) in [5.74, 6) is -3.19. The molecule has 0 bridgehead atoms. The van der Waals surface area contributed by atoms with Gasteiger partial charge in [-0.2, -0.15) is 0 Å². The number of carbonyl (C=O) groups is 1. The van der Waals surface area contributed by atoms with Gasteiger partial charge in [0.25, 0.3) is 0 Å². The van der Waals surface area contributed by atoms with Crippen LogP contribution >= 0.6 is 0 Å². The summed E-state index contributed by atoms with van der Waals surface area (Å²) in [6.07, 6.45) is 2.80. The number of anilines is 1. The summed E-state index contributed by atoms with van der Waals surface area (Å²) in [4.78, 5) is 11.6. The van der Waals surface area contributed by atoms with Gasteiger partial charge < -0.3 is 15.4 Å². The number of rotatable bonds is 4. The molecule has 2 rings (SSSR count). The van der Waals surface area contributed by atoms with Crippen LogP contribution in [-0.4, -0.2) is 25.8 Å². The van der Waals surface area contributed by atoms with Gasteiger partial charge in [0.05, 0.1) is 5.69 Å². The Labute approximate surface area is 120 Å². The predicted octanol–water partition coefficient (Wildman–Crippen LogP) is 3.04. The molecule has 2 amide bonds. The van der Waals surface area contributed by atoms with Crippen LogP contribution in [0.25, 0.3) is 0 Å². The van der Waals surface area contributed by atoms with Gasteiger partial charge in [-0.25, -0.2) is 18.0 Å². The minimum absolute atomic E-state index is 0.388. The number of benzene rings is 1. The van der Waals surface area contributed by atoms with Gasteiger partial charge >= 0.3 is 6.03 Å². The van der Waals surface area contributed by atoms with E-state index >= 15 is 0 Å². The molecule has 1 aromatic carbocycles. The number of urea groups is 1. The lowest BCUT2D eigenvalue weighted by molar-refractivity contribution is 0.0520. The molecule has 116 valence electrons. The summed E-state index contributed by atoms with van der Waals surface area (Å²) in [6.45, 7) is 1.83. The molecule has 1 saturated heterocycles. The van der Waals surface area contributed by atoms with E-state index in [9.17, 15) is 18.0 Å². The Morgan fingerprint density at radius 1 is 1.33 bits per heavy atom. The molecule has 0 unspecified atom stereocenters. The van der Waals surface area contributed by atoms with Crippen molar-refractivity contribution in [1.29, 1.82) is 0 Å². The first-order valence-corrected chi connectivity index (χ1v) is 6.83. The van der Waals surface area contributed by atoms with E-state index in [1.165, 1.54) is 0 Å². The van der Waals surface area contributed by atoms with Crippen molar-refractivity contribution in [3.8, 4) is 0 Å². The third-order valence-electron chi connectivity index (χ3n) is 3.33. The van der Waals surface area contributed by atoms with E-state index in [0.29, 0.717) is 25.1 Å². The minimum Gasteiger partial charge on any atom is -0.381 e. The van der Waals surface area contributed by atoms with Crippen molar-refractivity contribution in [3.63, 3.8) is 0 Å². The van der Waals surface area contributed by atoms with Gasteiger partial charge in [-0.15, -0.1) is 0 Å². The molecule has 0 saturated carbocycles. The number of amides is 2. The smallest absolute Gasteiger partial charge is 0.319 e. The Hall–Kier alpha value is -1.76. The first-order chi connectivity index (χ1) is 10.1. The third-order valence-corrected chi connectivity index (χ3v) is 3.33. The Morgan fingerprint density at radius 3 is 2.86 bits per heavy atom. The van der Waals surface area contributed by atoms with Crippen molar-refractivity contribution in [2.75, 3.05) is 25.1 Å². The van der Waals surface area contributed by atoms with Crippen LogP contribution in [-0.2, 0) is 4.74 Å². The van der Waals surface area contributed by atoms with Crippen molar-refractivity contribution in [2.24, 2.45) is 5.92 Å². The number of hydrogen-bond donors (Lipinski definition) is 2. The van der Waals surface area contributed by atoms with E-state index in [4.69, 9.17) is 4.74 Å². The molecule has 1 aliphatic heterocycles. The van der Waals surface area contributed by atoms with E-state index in [2.05, 4.69) is 10.6 Å². The molecule has 0 radical (unpaired) electrons. The molecule has 1 heterocycles. The number of ether oxygens (including phenoxy) is 1. The largest absolute Gasteiger partial charge is 0.381 e. The van der Waals surface area contributed by atoms with Crippen molar-refractivity contribution in [3.05, 3.63) is 29.6 Å². The van der Waals surface area contributed by atoms with E-state index in [-0.39, 0.29) is 0 Å². The molecule has 0 spiro atoms. The maximum atomic E-state index is 13.4. The summed E-state index contributed by atoms with van der Waals surface area (Å²) >= 11 is 0. The topological polar surface area (TPSA) is 50.4 Å². The van der Waals surface area contributed by atoms with E-state index in [1.54, 1.807) is 0 Å². The van der Waals surface area contributed by atoms with Crippen LogP contribution in [0.3, 0.4) is 0 Å². The monoisotopic (exact) mass is 302 g/mol. The van der Waals surface area contributed by atoms with Crippen molar-refractivity contribution in [1.82, 2.24) is 5.32 Å². The average Bonchev–Trinajstić information content (AvgIpc) is 2.45. The standard InChI is InChI=1S/C14H17F3N2O2/c15-10-6-11(16)13(17)12(7-10)19-14(20)18-4-3-9-2-1-5-21-8-9/h6-7,9H,1-5,8H2,(H2,18,19,20)/t9-/m0/s1. The molecular weight excluding hydrogens is 285 g/mol. The summed E-state index contributed by atoms with van der Waals surface area (Å²) < 4.78 is 44.6. The van der Waals surface area contributed by atoms with Crippen molar-refractivity contribution in [2.45, 2.75) is 19.3 Å². The molecule has 21 heavy (non-hydrogen) atoms. The van der Waals surface area contributed by atoms with Crippen LogP contribution in [0.2, 0.25) is 0 Å². The molecular formula is C14H17F3N2O2. The summed E-state index contributed by atoms with van der Waals surface area (Å²) in [5, 5.41) is 4.62. The highest BCUT2D eigenvalue weighted by atomic mass is 19.2. The van der Waals surface area contributed by atoms with E-state index in [0.717, 1.165) is 31.9 Å². The fourth-order valence-corrected chi connectivity index (χ4v) is 2.24. The minimum atomic E-state index is -1.34. The van der Waals surface area contributed by atoms with Gasteiger partial charge in [0.15, 0.2) is 11.6 Å². The zero-order valence-electron chi connectivity index (χ0n) is 11.4. The highest BCUT2D eigenvalue weighted by molar-refractivity contribution is 5.89. The fourth-order valence-electron chi connectivity index (χ4n) is 2.24. The van der Waals surface area contributed by atoms with Crippen LogP contribution in [0.15, 0.2) is 12.1 Å². The number of carbonyl (C=O) groups excluding carboxylic acids is 1. The van der Waals surface area contributed by atoms with Gasteiger partial charge in [0.1, 0.15) is 5.82 Å². The first kappa shape index (κ1) is 15.6. The lowest BCUT2D eigenvalue weighted by atomic mass is 9.99. The zero-order valence-corrected chi connectivity index (χ0v) is 11.4. The highest BCUT2D eigenvalue weighted by Crippen LogP contribution is 2.19. The normalized spacial score (nSPS) is 18.3. The molecule has 1 aliphatic rings. The van der Waals surface area contributed by atoms with Gasteiger partial charge in [-0.1, -0.05) is 0 Å². The molecule has 4 nitrogen and oxygen atoms in total. The molecule has 0 aliphatic carbocycles. The number of nitrogens with one attached hydrogen (secondary N) is 2.